The average molecular weight is 606 g/mol. The fourth-order valence-electron chi connectivity index (χ4n) is 5.62. The molecule has 5 aromatic rings. The highest BCUT2D eigenvalue weighted by Crippen LogP contribution is 2.30. The number of H-pyrrole nitrogens is 1. The molecule has 0 aliphatic carbocycles. The van der Waals surface area contributed by atoms with E-state index >= 15 is 0 Å². The molecule has 1 unspecified atom stereocenters. The van der Waals surface area contributed by atoms with Crippen LogP contribution in [0.15, 0.2) is 72.9 Å². The van der Waals surface area contributed by atoms with Crippen LogP contribution in [-0.2, 0) is 0 Å². The van der Waals surface area contributed by atoms with E-state index in [1.54, 1.807) is 68.7 Å². The van der Waals surface area contributed by atoms with Crippen molar-refractivity contribution in [2.45, 2.75) is 19.4 Å². The summed E-state index contributed by atoms with van der Waals surface area (Å²) in [7, 11) is 5.42. The average Bonchev–Trinajstić information content (AvgIpc) is 3.74. The van der Waals surface area contributed by atoms with Crippen molar-refractivity contribution in [3.63, 3.8) is 0 Å². The molecule has 4 N–H and O–H groups in total. The van der Waals surface area contributed by atoms with Crippen LogP contribution >= 0.6 is 0 Å². The zero-order valence-electron chi connectivity index (χ0n) is 25.6. The molecule has 0 spiro atoms. The minimum Gasteiger partial charge on any atom is -0.457 e. The molecule has 0 radical (unpaired) electrons. The van der Waals surface area contributed by atoms with Crippen molar-refractivity contribution in [3.05, 3.63) is 101 Å². The third kappa shape index (κ3) is 5.89. The van der Waals surface area contributed by atoms with Crippen LogP contribution in [-0.4, -0.2) is 82.4 Å². The SMILES string of the molecule is Cc1cc(Oc2ccccc2C(=O)N(C)C)ccc1-n1ncc(C(=O)c2cc3cc(C(=O)NC4CCN(C)C4)ccc3[nH]2)c1N. The summed E-state index contributed by atoms with van der Waals surface area (Å²) in [5.41, 5.74) is 10.3. The van der Waals surface area contributed by atoms with E-state index in [0.29, 0.717) is 34.0 Å². The van der Waals surface area contributed by atoms with E-state index in [0.717, 1.165) is 36.0 Å². The van der Waals surface area contributed by atoms with Crippen LogP contribution < -0.4 is 15.8 Å². The number of nitrogens with one attached hydrogen (secondary N) is 2. The summed E-state index contributed by atoms with van der Waals surface area (Å²) < 4.78 is 7.59. The minimum absolute atomic E-state index is 0.129. The Labute approximate surface area is 260 Å². The number of hydrogen-bond donors (Lipinski definition) is 3. The van der Waals surface area contributed by atoms with Gasteiger partial charge in [0.1, 0.15) is 17.3 Å². The number of benzene rings is 3. The van der Waals surface area contributed by atoms with Gasteiger partial charge in [0.2, 0.25) is 5.78 Å². The number of carbonyl (C=O) groups is 3. The number of aromatic nitrogens is 3. The number of nitrogens with two attached hydrogens (primary N) is 1. The molecule has 11 heteroatoms. The highest BCUT2D eigenvalue weighted by molar-refractivity contribution is 6.13. The van der Waals surface area contributed by atoms with Crippen LogP contribution in [0.4, 0.5) is 5.82 Å². The van der Waals surface area contributed by atoms with E-state index < -0.39 is 0 Å². The topological polar surface area (TPSA) is 139 Å². The summed E-state index contributed by atoms with van der Waals surface area (Å²) in [6.07, 6.45) is 2.38. The Morgan fingerprint density at radius 1 is 1.04 bits per heavy atom. The molecular weight excluding hydrogens is 570 g/mol. The Balaban J connectivity index is 1.20. The van der Waals surface area contributed by atoms with Gasteiger partial charge in [0.05, 0.1) is 28.7 Å². The van der Waals surface area contributed by atoms with Gasteiger partial charge < -0.3 is 30.6 Å². The third-order valence-electron chi connectivity index (χ3n) is 8.05. The van der Waals surface area contributed by atoms with Gasteiger partial charge in [-0.15, -0.1) is 0 Å². The quantitative estimate of drug-likeness (QED) is 0.223. The number of aromatic amines is 1. The summed E-state index contributed by atoms with van der Waals surface area (Å²) in [4.78, 5) is 45.8. The second-order valence-corrected chi connectivity index (χ2v) is 11.6. The van der Waals surface area contributed by atoms with Crippen molar-refractivity contribution in [2.24, 2.45) is 0 Å². The van der Waals surface area contributed by atoms with Gasteiger partial charge in [-0.2, -0.15) is 5.10 Å². The highest BCUT2D eigenvalue weighted by Gasteiger charge is 2.23. The molecule has 1 saturated heterocycles. The lowest BCUT2D eigenvalue weighted by molar-refractivity contribution is 0.0824. The second-order valence-electron chi connectivity index (χ2n) is 11.6. The van der Waals surface area contributed by atoms with Gasteiger partial charge in [0, 0.05) is 43.1 Å². The first kappa shape index (κ1) is 29.6. The van der Waals surface area contributed by atoms with Crippen LogP contribution in [0.5, 0.6) is 11.5 Å². The molecule has 3 heterocycles. The Morgan fingerprint density at radius 2 is 1.84 bits per heavy atom. The number of likely N-dealkylation sites (tertiary alicyclic amines) is 1. The van der Waals surface area contributed by atoms with Gasteiger partial charge in [-0.25, -0.2) is 4.68 Å². The number of carbonyl (C=O) groups excluding carboxylic acids is 3. The number of ether oxygens (including phenoxy) is 1. The molecule has 0 bridgehead atoms. The van der Waals surface area contributed by atoms with E-state index in [1.807, 2.05) is 26.1 Å². The lowest BCUT2D eigenvalue weighted by Crippen LogP contribution is -2.36. The van der Waals surface area contributed by atoms with E-state index in [2.05, 4.69) is 20.3 Å². The van der Waals surface area contributed by atoms with Crippen molar-refractivity contribution in [1.29, 1.82) is 0 Å². The number of fused-ring (bicyclic) bond motifs is 1. The van der Waals surface area contributed by atoms with Crippen LogP contribution in [0.2, 0.25) is 0 Å². The van der Waals surface area contributed by atoms with Crippen molar-refractivity contribution in [3.8, 4) is 17.2 Å². The number of amides is 2. The molecule has 45 heavy (non-hydrogen) atoms. The number of rotatable bonds is 8. The standard InChI is InChI=1S/C34H35N7O4/c1-20-15-24(45-30-8-6-5-7-25(30)34(44)39(2)3)10-12-29(20)41-32(35)26(18-36-41)31(42)28-17-22-16-21(9-11-27(22)38-28)33(43)37-23-13-14-40(4)19-23/h5-12,15-18,23,38H,13-14,19,35H2,1-4H3,(H,37,43). The zero-order chi connectivity index (χ0) is 31.8. The van der Waals surface area contributed by atoms with Crippen molar-refractivity contribution in [1.82, 2.24) is 29.9 Å². The Bertz CT molecular complexity index is 1940. The molecule has 1 aliphatic heterocycles. The fraction of sp³-hybridized carbons (Fsp3) is 0.235. The smallest absolute Gasteiger partial charge is 0.257 e. The summed E-state index contributed by atoms with van der Waals surface area (Å²) >= 11 is 0. The molecule has 6 rings (SSSR count). The van der Waals surface area contributed by atoms with E-state index in [9.17, 15) is 14.4 Å². The van der Waals surface area contributed by atoms with Gasteiger partial charge in [0.15, 0.2) is 0 Å². The van der Waals surface area contributed by atoms with Crippen LogP contribution in [0.1, 0.15) is 48.8 Å². The van der Waals surface area contributed by atoms with Gasteiger partial charge in [-0.05, 0) is 87.1 Å². The number of aryl methyl sites for hydroxylation is 1. The predicted octanol–water partition coefficient (Wildman–Crippen LogP) is 4.40. The number of para-hydroxylation sites is 1. The van der Waals surface area contributed by atoms with Crippen molar-refractivity contribution in [2.75, 3.05) is 40.0 Å². The molecule has 2 aromatic heterocycles. The van der Waals surface area contributed by atoms with E-state index in [1.165, 1.54) is 15.8 Å². The third-order valence-corrected chi connectivity index (χ3v) is 8.05. The van der Waals surface area contributed by atoms with Gasteiger partial charge >= 0.3 is 0 Å². The highest BCUT2D eigenvalue weighted by atomic mass is 16.5. The van der Waals surface area contributed by atoms with E-state index in [-0.39, 0.29) is 35.0 Å². The van der Waals surface area contributed by atoms with Crippen molar-refractivity contribution >= 4 is 34.3 Å². The molecule has 1 aliphatic rings. The number of anilines is 1. The Kier molecular flexibility index (Phi) is 7.86. The maximum Gasteiger partial charge on any atom is 0.257 e. The number of ketones is 1. The molecule has 230 valence electrons. The Morgan fingerprint density at radius 3 is 2.58 bits per heavy atom. The van der Waals surface area contributed by atoms with Crippen LogP contribution in [0.3, 0.4) is 0 Å². The summed E-state index contributed by atoms with van der Waals surface area (Å²) in [6, 6.07) is 19.7. The summed E-state index contributed by atoms with van der Waals surface area (Å²) in [5.74, 6) is 0.582. The molecule has 2 amide bonds. The maximum absolute atomic E-state index is 13.5. The molecule has 1 fully saturated rings. The summed E-state index contributed by atoms with van der Waals surface area (Å²) in [5, 5.41) is 8.26. The maximum atomic E-state index is 13.5. The van der Waals surface area contributed by atoms with E-state index in [4.69, 9.17) is 10.5 Å². The number of likely N-dealkylation sites (N-methyl/N-ethyl adjacent to an activating group) is 1. The van der Waals surface area contributed by atoms with Gasteiger partial charge in [-0.1, -0.05) is 12.1 Å². The fourth-order valence-corrected chi connectivity index (χ4v) is 5.62. The monoisotopic (exact) mass is 605 g/mol. The molecule has 3 aromatic carbocycles. The minimum atomic E-state index is -0.310. The first-order chi connectivity index (χ1) is 21.6. The van der Waals surface area contributed by atoms with Gasteiger partial charge in [0.25, 0.3) is 11.8 Å². The number of nitrogens with zero attached hydrogens (tertiary/aromatic N) is 4. The number of nitrogen functional groups attached to an aromatic ring is 1. The molecule has 0 saturated carbocycles. The lowest BCUT2D eigenvalue weighted by atomic mass is 10.1. The van der Waals surface area contributed by atoms with Crippen LogP contribution in [0, 0.1) is 6.92 Å². The first-order valence-corrected chi connectivity index (χ1v) is 14.7. The predicted molar refractivity (Wildman–Crippen MR) is 172 cm³/mol. The second kappa shape index (κ2) is 11.9. The molecular formula is C34H35N7O4. The largest absolute Gasteiger partial charge is 0.457 e. The molecule has 11 nitrogen and oxygen atoms in total. The lowest BCUT2D eigenvalue weighted by Gasteiger charge is -2.15. The summed E-state index contributed by atoms with van der Waals surface area (Å²) in [6.45, 7) is 3.68. The first-order valence-electron chi connectivity index (χ1n) is 14.7. The van der Waals surface area contributed by atoms with Crippen LogP contribution in [0.25, 0.3) is 16.6 Å². The normalized spacial score (nSPS) is 14.9. The van der Waals surface area contributed by atoms with Gasteiger partial charge in [-0.3, -0.25) is 14.4 Å². The zero-order valence-corrected chi connectivity index (χ0v) is 25.6. The van der Waals surface area contributed by atoms with Crippen molar-refractivity contribution < 1.29 is 19.1 Å². The molecule has 1 atom stereocenters. The number of hydrogen-bond acceptors (Lipinski definition) is 7. The Hall–Kier alpha value is -5.42.